The Morgan fingerprint density at radius 3 is 2.70 bits per heavy atom. The van der Waals surface area contributed by atoms with E-state index in [2.05, 4.69) is 10.4 Å². The highest BCUT2D eigenvalue weighted by atomic mass is 35.5. The number of halogens is 1. The molecule has 0 saturated carbocycles. The Labute approximate surface area is 139 Å². The maximum Gasteiger partial charge on any atom is 0.326 e. The molecule has 0 saturated heterocycles. The van der Waals surface area contributed by atoms with E-state index < -0.39 is 17.9 Å². The molecule has 1 heterocycles. The standard InChI is InChI=1S/C16H18ClN3O3/c1-10(2)8-14(16(22)23)18-15(21)13-6-7-20(19-13)12-5-3-4-11(17)9-12/h3-7,9-10,14H,8H2,1-2H3,(H,18,21)(H,22,23). The van der Waals surface area contributed by atoms with Gasteiger partial charge in [-0.05, 0) is 36.6 Å². The largest absolute Gasteiger partial charge is 0.480 e. The molecule has 2 aromatic rings. The number of hydrogen-bond donors (Lipinski definition) is 2. The van der Waals surface area contributed by atoms with Crippen molar-refractivity contribution in [3.63, 3.8) is 0 Å². The van der Waals surface area contributed by atoms with Gasteiger partial charge in [0.25, 0.3) is 5.91 Å². The first-order chi connectivity index (χ1) is 10.9. The Balaban J connectivity index is 2.13. The first-order valence-electron chi connectivity index (χ1n) is 7.22. The highest BCUT2D eigenvalue weighted by molar-refractivity contribution is 6.30. The molecule has 0 fully saturated rings. The number of carboxylic acid groups (broad SMARTS) is 1. The van der Waals surface area contributed by atoms with E-state index >= 15 is 0 Å². The van der Waals surface area contributed by atoms with Gasteiger partial charge < -0.3 is 10.4 Å². The van der Waals surface area contributed by atoms with Crippen molar-refractivity contribution in [3.8, 4) is 5.69 Å². The Bertz CT molecular complexity index is 712. The zero-order chi connectivity index (χ0) is 17.0. The van der Waals surface area contributed by atoms with Crippen LogP contribution in [0.25, 0.3) is 5.69 Å². The average molecular weight is 336 g/mol. The van der Waals surface area contributed by atoms with Crippen LogP contribution in [-0.2, 0) is 4.79 Å². The summed E-state index contributed by atoms with van der Waals surface area (Å²) < 4.78 is 1.51. The van der Waals surface area contributed by atoms with Crippen LogP contribution >= 0.6 is 11.6 Å². The molecule has 1 unspecified atom stereocenters. The molecule has 1 amide bonds. The number of amides is 1. The van der Waals surface area contributed by atoms with Gasteiger partial charge in [0, 0.05) is 11.2 Å². The normalized spacial score (nSPS) is 12.2. The summed E-state index contributed by atoms with van der Waals surface area (Å²) in [6.07, 6.45) is 1.98. The van der Waals surface area contributed by atoms with Gasteiger partial charge in [-0.15, -0.1) is 0 Å². The smallest absolute Gasteiger partial charge is 0.326 e. The molecule has 2 rings (SSSR count). The molecule has 0 aliphatic rings. The molecule has 122 valence electrons. The Kier molecular flexibility index (Phi) is 5.39. The molecule has 0 bridgehead atoms. The maximum absolute atomic E-state index is 12.2. The molecule has 7 heteroatoms. The van der Waals surface area contributed by atoms with Crippen molar-refractivity contribution in [1.82, 2.24) is 15.1 Å². The van der Waals surface area contributed by atoms with Crippen LogP contribution in [0, 0.1) is 5.92 Å². The van der Waals surface area contributed by atoms with E-state index in [1.807, 2.05) is 13.8 Å². The van der Waals surface area contributed by atoms with Crippen LogP contribution in [0.4, 0.5) is 0 Å². The summed E-state index contributed by atoms with van der Waals surface area (Å²) in [6, 6.07) is 7.64. The number of nitrogens with zero attached hydrogens (tertiary/aromatic N) is 2. The van der Waals surface area contributed by atoms with Gasteiger partial charge >= 0.3 is 5.97 Å². The minimum atomic E-state index is -1.05. The number of carbonyl (C=O) groups is 2. The molecular formula is C16H18ClN3O3. The number of benzene rings is 1. The van der Waals surface area contributed by atoms with E-state index in [1.165, 1.54) is 10.7 Å². The van der Waals surface area contributed by atoms with Crippen LogP contribution in [0.2, 0.25) is 5.02 Å². The minimum absolute atomic E-state index is 0.153. The van der Waals surface area contributed by atoms with E-state index in [9.17, 15) is 14.7 Å². The second kappa shape index (κ2) is 7.28. The summed E-state index contributed by atoms with van der Waals surface area (Å²) in [5, 5.41) is 16.4. The molecular weight excluding hydrogens is 318 g/mol. The third-order valence-corrected chi connectivity index (χ3v) is 3.44. The van der Waals surface area contributed by atoms with E-state index in [0.717, 1.165) is 0 Å². The molecule has 0 aliphatic heterocycles. The van der Waals surface area contributed by atoms with Crippen molar-refractivity contribution in [2.75, 3.05) is 0 Å². The molecule has 23 heavy (non-hydrogen) atoms. The lowest BCUT2D eigenvalue weighted by molar-refractivity contribution is -0.139. The molecule has 1 aromatic carbocycles. The summed E-state index contributed by atoms with van der Waals surface area (Å²) in [5.41, 5.74) is 0.869. The monoisotopic (exact) mass is 335 g/mol. The van der Waals surface area contributed by atoms with Crippen molar-refractivity contribution in [2.24, 2.45) is 5.92 Å². The SMILES string of the molecule is CC(C)CC(NC(=O)c1ccn(-c2cccc(Cl)c2)n1)C(=O)O. The predicted octanol–water partition coefficient (Wildman–Crippen LogP) is 2.75. The number of hydrogen-bond acceptors (Lipinski definition) is 3. The molecule has 1 aromatic heterocycles. The molecule has 0 radical (unpaired) electrons. The van der Waals surface area contributed by atoms with Gasteiger partial charge in [-0.1, -0.05) is 31.5 Å². The Hall–Kier alpha value is -2.34. The topological polar surface area (TPSA) is 84.2 Å². The van der Waals surface area contributed by atoms with Gasteiger partial charge in [0.15, 0.2) is 5.69 Å². The number of nitrogens with one attached hydrogen (secondary N) is 1. The number of carboxylic acids is 1. The maximum atomic E-state index is 12.2. The molecule has 0 aliphatic carbocycles. The first kappa shape index (κ1) is 17.0. The summed E-state index contributed by atoms with van der Waals surface area (Å²) in [6.45, 7) is 3.80. The number of carbonyl (C=O) groups excluding carboxylic acids is 1. The number of aromatic nitrogens is 2. The van der Waals surface area contributed by atoms with Crippen LogP contribution < -0.4 is 5.32 Å². The van der Waals surface area contributed by atoms with Crippen molar-refractivity contribution in [2.45, 2.75) is 26.3 Å². The second-order valence-corrected chi connectivity index (χ2v) is 6.06. The highest BCUT2D eigenvalue weighted by Gasteiger charge is 2.22. The molecule has 6 nitrogen and oxygen atoms in total. The summed E-state index contributed by atoms with van der Waals surface area (Å²) in [5.74, 6) is -1.42. The van der Waals surface area contributed by atoms with Gasteiger partial charge in [0.1, 0.15) is 6.04 Å². The number of aliphatic carboxylic acids is 1. The highest BCUT2D eigenvalue weighted by Crippen LogP contribution is 2.14. The van der Waals surface area contributed by atoms with Crippen molar-refractivity contribution in [1.29, 1.82) is 0 Å². The third-order valence-electron chi connectivity index (χ3n) is 3.20. The van der Waals surface area contributed by atoms with E-state index in [4.69, 9.17) is 11.6 Å². The van der Waals surface area contributed by atoms with Gasteiger partial charge in [-0.25, -0.2) is 9.48 Å². The van der Waals surface area contributed by atoms with E-state index in [0.29, 0.717) is 17.1 Å². The lowest BCUT2D eigenvalue weighted by Gasteiger charge is -2.15. The number of rotatable bonds is 6. The average Bonchev–Trinajstić information content (AvgIpc) is 2.95. The fraction of sp³-hybridized carbons (Fsp3) is 0.312. The molecule has 0 spiro atoms. The van der Waals surface area contributed by atoms with Gasteiger partial charge in [-0.2, -0.15) is 5.10 Å². The Morgan fingerprint density at radius 1 is 1.35 bits per heavy atom. The zero-order valence-corrected chi connectivity index (χ0v) is 13.6. The van der Waals surface area contributed by atoms with Crippen LogP contribution in [-0.4, -0.2) is 32.8 Å². The summed E-state index contributed by atoms with van der Waals surface area (Å²) in [7, 11) is 0. The Morgan fingerprint density at radius 2 is 2.09 bits per heavy atom. The third kappa shape index (κ3) is 4.56. The second-order valence-electron chi connectivity index (χ2n) is 5.62. The van der Waals surface area contributed by atoms with Crippen molar-refractivity contribution in [3.05, 3.63) is 47.2 Å². The fourth-order valence-corrected chi connectivity index (χ4v) is 2.32. The summed E-state index contributed by atoms with van der Waals surface area (Å²) >= 11 is 5.93. The molecule has 1 atom stereocenters. The van der Waals surface area contributed by atoms with Crippen molar-refractivity contribution >= 4 is 23.5 Å². The predicted molar refractivity (Wildman–Crippen MR) is 86.9 cm³/mol. The van der Waals surface area contributed by atoms with Crippen LogP contribution in [0.15, 0.2) is 36.5 Å². The van der Waals surface area contributed by atoms with Crippen LogP contribution in [0.1, 0.15) is 30.8 Å². The van der Waals surface area contributed by atoms with Gasteiger partial charge in [0.05, 0.1) is 5.69 Å². The van der Waals surface area contributed by atoms with E-state index in [-0.39, 0.29) is 11.6 Å². The minimum Gasteiger partial charge on any atom is -0.480 e. The first-order valence-corrected chi connectivity index (χ1v) is 7.60. The lowest BCUT2D eigenvalue weighted by Crippen LogP contribution is -2.41. The van der Waals surface area contributed by atoms with Crippen LogP contribution in [0.5, 0.6) is 0 Å². The zero-order valence-electron chi connectivity index (χ0n) is 12.9. The quantitative estimate of drug-likeness (QED) is 0.850. The van der Waals surface area contributed by atoms with Crippen molar-refractivity contribution < 1.29 is 14.7 Å². The van der Waals surface area contributed by atoms with Crippen LogP contribution in [0.3, 0.4) is 0 Å². The summed E-state index contributed by atoms with van der Waals surface area (Å²) in [4.78, 5) is 23.4. The fourth-order valence-electron chi connectivity index (χ4n) is 2.13. The lowest BCUT2D eigenvalue weighted by atomic mass is 10.0. The van der Waals surface area contributed by atoms with Gasteiger partial charge in [-0.3, -0.25) is 4.79 Å². The van der Waals surface area contributed by atoms with E-state index in [1.54, 1.807) is 30.5 Å². The molecule has 2 N–H and O–H groups in total. The van der Waals surface area contributed by atoms with Gasteiger partial charge in [0.2, 0.25) is 0 Å².